The summed E-state index contributed by atoms with van der Waals surface area (Å²) in [6.07, 6.45) is -4.34. The lowest BCUT2D eigenvalue weighted by molar-refractivity contribution is -0.175. The maximum Gasteiger partial charge on any atom is 0.411 e. The molecular weight excluding hydrogens is 287 g/mol. The molecule has 7 heteroatoms. The number of hydrogen-bond donors (Lipinski definition) is 1. The Hall–Kier alpha value is -1.91. The van der Waals surface area contributed by atoms with Crippen LogP contribution in [0.4, 0.5) is 13.2 Å². The summed E-state index contributed by atoms with van der Waals surface area (Å²) in [6, 6.07) is 4.96. The van der Waals surface area contributed by atoms with Crippen molar-refractivity contribution in [1.29, 1.82) is 0 Å². The van der Waals surface area contributed by atoms with Crippen LogP contribution in [-0.4, -0.2) is 39.7 Å². The third-order valence-electron chi connectivity index (χ3n) is 2.26. The van der Waals surface area contributed by atoms with E-state index in [0.717, 1.165) is 0 Å². The van der Waals surface area contributed by atoms with E-state index in [-0.39, 0.29) is 19.8 Å². The summed E-state index contributed by atoms with van der Waals surface area (Å²) in [7, 11) is 1.51. The summed E-state index contributed by atoms with van der Waals surface area (Å²) in [5.41, 5.74) is 5.86. The van der Waals surface area contributed by atoms with Gasteiger partial charge in [-0.05, 0) is 18.2 Å². The first-order valence-electron chi connectivity index (χ1n) is 6.10. The largest absolute Gasteiger partial charge is 0.497 e. The second kappa shape index (κ2) is 8.39. The van der Waals surface area contributed by atoms with Gasteiger partial charge in [-0.2, -0.15) is 13.2 Å². The molecule has 2 N–H and O–H groups in total. The van der Waals surface area contributed by atoms with Crippen molar-refractivity contribution in [2.45, 2.75) is 6.18 Å². The van der Waals surface area contributed by atoms with E-state index in [0.29, 0.717) is 17.1 Å². The van der Waals surface area contributed by atoms with Crippen LogP contribution < -0.4 is 15.2 Å². The molecule has 0 saturated carbocycles. The molecule has 1 aromatic rings. The van der Waals surface area contributed by atoms with Crippen LogP contribution in [-0.2, 0) is 4.74 Å². The van der Waals surface area contributed by atoms with Gasteiger partial charge in [0.15, 0.2) is 0 Å². The zero-order valence-electron chi connectivity index (χ0n) is 11.5. The smallest absolute Gasteiger partial charge is 0.411 e. The minimum Gasteiger partial charge on any atom is -0.497 e. The van der Waals surface area contributed by atoms with E-state index in [4.69, 9.17) is 15.2 Å². The molecule has 0 aliphatic carbocycles. The van der Waals surface area contributed by atoms with Gasteiger partial charge >= 0.3 is 6.18 Å². The highest BCUT2D eigenvalue weighted by Gasteiger charge is 2.27. The fourth-order valence-corrected chi connectivity index (χ4v) is 1.40. The molecule has 0 atom stereocenters. The zero-order chi connectivity index (χ0) is 15.7. The van der Waals surface area contributed by atoms with Gasteiger partial charge in [-0.3, -0.25) is 0 Å². The summed E-state index contributed by atoms with van der Waals surface area (Å²) in [5, 5.41) is 0. The Balaban J connectivity index is 2.57. The van der Waals surface area contributed by atoms with Gasteiger partial charge in [-0.1, -0.05) is 11.8 Å². The quantitative estimate of drug-likeness (QED) is 0.645. The molecule has 0 radical (unpaired) electrons. The lowest BCUT2D eigenvalue weighted by Gasteiger charge is -2.11. The van der Waals surface area contributed by atoms with Crippen molar-refractivity contribution >= 4 is 0 Å². The fourth-order valence-electron chi connectivity index (χ4n) is 1.40. The van der Waals surface area contributed by atoms with Crippen LogP contribution in [0.1, 0.15) is 5.56 Å². The van der Waals surface area contributed by atoms with E-state index in [1.165, 1.54) is 7.11 Å². The minimum atomic E-state index is -4.34. The van der Waals surface area contributed by atoms with Gasteiger partial charge in [0, 0.05) is 0 Å². The molecule has 1 aromatic carbocycles. The number of alkyl halides is 3. The van der Waals surface area contributed by atoms with Gasteiger partial charge in [0.2, 0.25) is 0 Å². The maximum atomic E-state index is 11.9. The average molecular weight is 303 g/mol. The summed E-state index contributed by atoms with van der Waals surface area (Å²) in [4.78, 5) is 0. The Morgan fingerprint density at radius 3 is 2.62 bits per heavy atom. The molecule has 21 heavy (non-hydrogen) atoms. The standard InChI is InChI=1S/C14H16F3NO3/c1-19-12-4-5-13(11(9-12)3-2-6-18)21-8-7-20-10-14(15,16)17/h4-5,9H,6-8,10,18H2,1H3. The van der Waals surface area contributed by atoms with Crippen molar-refractivity contribution in [3.8, 4) is 23.3 Å². The second-order valence-corrected chi connectivity index (χ2v) is 3.88. The van der Waals surface area contributed by atoms with Crippen LogP contribution >= 0.6 is 0 Å². The highest BCUT2D eigenvalue weighted by molar-refractivity contribution is 5.50. The van der Waals surface area contributed by atoms with Crippen molar-refractivity contribution in [2.24, 2.45) is 5.73 Å². The number of nitrogens with two attached hydrogens (primary N) is 1. The first-order chi connectivity index (χ1) is 9.96. The molecular formula is C14H16F3NO3. The molecule has 116 valence electrons. The zero-order valence-corrected chi connectivity index (χ0v) is 11.5. The Bertz CT molecular complexity index is 506. The Kier molecular flexibility index (Phi) is 6.85. The molecule has 0 spiro atoms. The van der Waals surface area contributed by atoms with Crippen LogP contribution in [0.3, 0.4) is 0 Å². The van der Waals surface area contributed by atoms with E-state index in [1.807, 2.05) is 0 Å². The third-order valence-corrected chi connectivity index (χ3v) is 2.26. The lowest BCUT2D eigenvalue weighted by Crippen LogP contribution is -2.19. The van der Waals surface area contributed by atoms with Gasteiger partial charge < -0.3 is 19.9 Å². The van der Waals surface area contributed by atoms with E-state index >= 15 is 0 Å². The maximum absolute atomic E-state index is 11.9. The van der Waals surface area contributed by atoms with Crippen LogP contribution in [0.5, 0.6) is 11.5 Å². The molecule has 0 amide bonds. The van der Waals surface area contributed by atoms with Crippen molar-refractivity contribution in [2.75, 3.05) is 33.5 Å². The van der Waals surface area contributed by atoms with Crippen LogP contribution in [0.15, 0.2) is 18.2 Å². The van der Waals surface area contributed by atoms with Crippen molar-refractivity contribution < 1.29 is 27.4 Å². The molecule has 0 fully saturated rings. The summed E-state index contributed by atoms with van der Waals surface area (Å²) in [5.74, 6) is 6.52. The first-order valence-corrected chi connectivity index (χ1v) is 6.10. The molecule has 0 heterocycles. The fraction of sp³-hybridized carbons (Fsp3) is 0.429. The molecule has 0 aliphatic heterocycles. The predicted molar refractivity (Wildman–Crippen MR) is 71.3 cm³/mol. The number of hydrogen-bond acceptors (Lipinski definition) is 4. The average Bonchev–Trinajstić information content (AvgIpc) is 2.44. The van der Waals surface area contributed by atoms with Gasteiger partial charge in [-0.15, -0.1) is 0 Å². The van der Waals surface area contributed by atoms with Crippen molar-refractivity contribution in [3.05, 3.63) is 23.8 Å². The molecule has 0 saturated heterocycles. The molecule has 0 unspecified atom stereocenters. The van der Waals surface area contributed by atoms with E-state index in [1.54, 1.807) is 18.2 Å². The van der Waals surface area contributed by atoms with Gasteiger partial charge in [0.25, 0.3) is 0 Å². The van der Waals surface area contributed by atoms with Crippen LogP contribution in [0.25, 0.3) is 0 Å². The summed E-state index contributed by atoms with van der Waals surface area (Å²) < 4.78 is 50.5. The highest BCUT2D eigenvalue weighted by atomic mass is 19.4. The topological polar surface area (TPSA) is 53.7 Å². The number of rotatable bonds is 6. The second-order valence-electron chi connectivity index (χ2n) is 3.88. The monoisotopic (exact) mass is 303 g/mol. The number of benzene rings is 1. The van der Waals surface area contributed by atoms with Crippen LogP contribution in [0, 0.1) is 11.8 Å². The minimum absolute atomic E-state index is 0.0142. The summed E-state index contributed by atoms with van der Waals surface area (Å²) >= 11 is 0. The molecule has 0 bridgehead atoms. The Morgan fingerprint density at radius 1 is 1.24 bits per heavy atom. The molecule has 0 aliphatic rings. The van der Waals surface area contributed by atoms with Gasteiger partial charge in [0.1, 0.15) is 24.7 Å². The molecule has 4 nitrogen and oxygen atoms in total. The highest BCUT2D eigenvalue weighted by Crippen LogP contribution is 2.23. The number of halogens is 3. The van der Waals surface area contributed by atoms with E-state index in [9.17, 15) is 13.2 Å². The number of methoxy groups -OCH3 is 1. The SMILES string of the molecule is COc1ccc(OCCOCC(F)(F)F)c(C#CCN)c1. The van der Waals surface area contributed by atoms with E-state index in [2.05, 4.69) is 16.6 Å². The lowest BCUT2D eigenvalue weighted by atomic mass is 10.2. The van der Waals surface area contributed by atoms with Crippen molar-refractivity contribution in [3.63, 3.8) is 0 Å². The third kappa shape index (κ3) is 6.88. The first kappa shape index (κ1) is 17.1. The van der Waals surface area contributed by atoms with Crippen molar-refractivity contribution in [1.82, 2.24) is 0 Å². The van der Waals surface area contributed by atoms with E-state index < -0.39 is 12.8 Å². The van der Waals surface area contributed by atoms with Gasteiger partial charge in [-0.25, -0.2) is 0 Å². The summed E-state index contributed by atoms with van der Waals surface area (Å²) in [6.45, 7) is -1.29. The number of ether oxygens (including phenoxy) is 3. The van der Waals surface area contributed by atoms with Crippen LogP contribution in [0.2, 0.25) is 0 Å². The molecule has 1 rings (SSSR count). The predicted octanol–water partition coefficient (Wildman–Crippen LogP) is 1.96. The normalized spacial score (nSPS) is 10.7. The Morgan fingerprint density at radius 2 is 2.00 bits per heavy atom. The Labute approximate surface area is 121 Å². The molecule has 0 aromatic heterocycles. The van der Waals surface area contributed by atoms with Gasteiger partial charge in [0.05, 0.1) is 25.8 Å².